The van der Waals surface area contributed by atoms with Crippen molar-refractivity contribution in [2.24, 2.45) is 5.92 Å². The largest absolute Gasteiger partial charge is 0.423 e. The van der Waals surface area contributed by atoms with Crippen molar-refractivity contribution in [2.75, 3.05) is 10.6 Å². The van der Waals surface area contributed by atoms with Crippen LogP contribution in [0.25, 0.3) is 11.0 Å². The number of anilines is 2. The SMILES string of the molecule is Cc1cc(=O)oc2cc(NC(=O)c3cccc(NC(=O)C4CCC4)c3)ccc12. The summed E-state index contributed by atoms with van der Waals surface area (Å²) in [7, 11) is 0. The Labute approximate surface area is 161 Å². The topological polar surface area (TPSA) is 88.4 Å². The van der Waals surface area contributed by atoms with E-state index in [1.165, 1.54) is 6.07 Å². The Balaban J connectivity index is 1.52. The predicted molar refractivity (Wildman–Crippen MR) is 108 cm³/mol. The number of hydrogen-bond donors (Lipinski definition) is 2. The van der Waals surface area contributed by atoms with Gasteiger partial charge in [0.05, 0.1) is 0 Å². The van der Waals surface area contributed by atoms with Gasteiger partial charge in [0, 0.05) is 40.4 Å². The minimum atomic E-state index is -0.427. The van der Waals surface area contributed by atoms with Crippen molar-refractivity contribution in [1.29, 1.82) is 0 Å². The van der Waals surface area contributed by atoms with E-state index in [1.807, 2.05) is 6.92 Å². The van der Waals surface area contributed by atoms with E-state index in [2.05, 4.69) is 10.6 Å². The maximum Gasteiger partial charge on any atom is 0.336 e. The first-order valence-corrected chi connectivity index (χ1v) is 9.26. The van der Waals surface area contributed by atoms with Gasteiger partial charge in [-0.3, -0.25) is 9.59 Å². The number of nitrogens with one attached hydrogen (secondary N) is 2. The molecule has 6 heteroatoms. The highest BCUT2D eigenvalue weighted by Crippen LogP contribution is 2.28. The summed E-state index contributed by atoms with van der Waals surface area (Å²) >= 11 is 0. The first kappa shape index (κ1) is 18.0. The molecule has 1 aromatic heterocycles. The third-order valence-corrected chi connectivity index (χ3v) is 5.08. The fraction of sp³-hybridized carbons (Fsp3) is 0.227. The van der Waals surface area contributed by atoms with Crippen LogP contribution in [-0.2, 0) is 4.79 Å². The smallest absolute Gasteiger partial charge is 0.336 e. The van der Waals surface area contributed by atoms with Crippen molar-refractivity contribution in [3.05, 3.63) is 70.1 Å². The van der Waals surface area contributed by atoms with Crippen LogP contribution in [-0.4, -0.2) is 11.8 Å². The van der Waals surface area contributed by atoms with Crippen LogP contribution < -0.4 is 16.3 Å². The molecule has 1 fully saturated rings. The maximum atomic E-state index is 12.6. The summed E-state index contributed by atoms with van der Waals surface area (Å²) in [6.07, 6.45) is 2.93. The third-order valence-electron chi connectivity index (χ3n) is 5.08. The minimum absolute atomic E-state index is 0.00346. The Hall–Kier alpha value is -3.41. The molecular weight excluding hydrogens is 356 g/mol. The van der Waals surface area contributed by atoms with E-state index in [0.29, 0.717) is 22.5 Å². The van der Waals surface area contributed by atoms with Crippen LogP contribution in [0.3, 0.4) is 0 Å². The molecule has 0 aliphatic heterocycles. The molecule has 0 radical (unpaired) electrons. The van der Waals surface area contributed by atoms with E-state index in [9.17, 15) is 14.4 Å². The van der Waals surface area contributed by atoms with Crippen molar-refractivity contribution in [3.8, 4) is 0 Å². The second-order valence-electron chi connectivity index (χ2n) is 7.11. The molecule has 0 unspecified atom stereocenters. The lowest BCUT2D eigenvalue weighted by Gasteiger charge is -2.24. The first-order chi connectivity index (χ1) is 13.5. The normalized spacial score (nSPS) is 13.8. The molecule has 142 valence electrons. The van der Waals surface area contributed by atoms with Crippen LogP contribution in [0.1, 0.15) is 35.2 Å². The van der Waals surface area contributed by atoms with E-state index >= 15 is 0 Å². The van der Waals surface area contributed by atoms with Crippen molar-refractivity contribution >= 4 is 34.2 Å². The van der Waals surface area contributed by atoms with E-state index in [1.54, 1.807) is 42.5 Å². The Morgan fingerprint density at radius 3 is 2.54 bits per heavy atom. The van der Waals surface area contributed by atoms with Gasteiger partial charge < -0.3 is 15.1 Å². The molecule has 2 amide bonds. The molecule has 1 heterocycles. The summed E-state index contributed by atoms with van der Waals surface area (Å²) < 4.78 is 5.22. The lowest BCUT2D eigenvalue weighted by Crippen LogP contribution is -2.28. The Kier molecular flexibility index (Phi) is 4.69. The van der Waals surface area contributed by atoms with Crippen molar-refractivity contribution in [3.63, 3.8) is 0 Å². The van der Waals surface area contributed by atoms with Crippen LogP contribution in [0.4, 0.5) is 11.4 Å². The summed E-state index contributed by atoms with van der Waals surface area (Å²) in [6.45, 7) is 1.83. The number of rotatable bonds is 4. The summed E-state index contributed by atoms with van der Waals surface area (Å²) in [6, 6.07) is 13.5. The van der Waals surface area contributed by atoms with E-state index in [4.69, 9.17) is 4.42 Å². The molecule has 1 aliphatic rings. The molecule has 0 saturated heterocycles. The van der Waals surface area contributed by atoms with Gasteiger partial charge in [0.25, 0.3) is 5.91 Å². The van der Waals surface area contributed by atoms with E-state index < -0.39 is 5.63 Å². The van der Waals surface area contributed by atoms with E-state index in [0.717, 1.165) is 30.2 Å². The summed E-state index contributed by atoms with van der Waals surface area (Å²) in [4.78, 5) is 36.3. The van der Waals surface area contributed by atoms with Crippen LogP contribution in [0.2, 0.25) is 0 Å². The minimum Gasteiger partial charge on any atom is -0.423 e. The molecule has 4 rings (SSSR count). The second kappa shape index (κ2) is 7.31. The number of hydrogen-bond acceptors (Lipinski definition) is 4. The standard InChI is InChI=1S/C22H20N2O4/c1-13-10-20(25)28-19-12-17(8-9-18(13)19)24-22(27)15-6-3-7-16(11-15)23-21(26)14-4-2-5-14/h3,6-12,14H,2,4-5H2,1H3,(H,23,26)(H,24,27). The number of benzene rings is 2. The highest BCUT2D eigenvalue weighted by Gasteiger charge is 2.25. The van der Waals surface area contributed by atoms with Gasteiger partial charge in [0.15, 0.2) is 0 Å². The monoisotopic (exact) mass is 376 g/mol. The molecule has 0 spiro atoms. The van der Waals surface area contributed by atoms with Gasteiger partial charge in [0.1, 0.15) is 5.58 Å². The average molecular weight is 376 g/mol. The molecule has 2 aromatic carbocycles. The summed E-state index contributed by atoms with van der Waals surface area (Å²) in [5.41, 5.74) is 2.36. The molecule has 0 bridgehead atoms. The molecule has 6 nitrogen and oxygen atoms in total. The zero-order valence-corrected chi connectivity index (χ0v) is 15.5. The van der Waals surface area contributed by atoms with Gasteiger partial charge in [-0.1, -0.05) is 12.5 Å². The predicted octanol–water partition coefficient (Wildman–Crippen LogP) is 4.09. The van der Waals surface area contributed by atoms with Gasteiger partial charge in [-0.15, -0.1) is 0 Å². The molecule has 2 N–H and O–H groups in total. The molecular formula is C22H20N2O4. The molecule has 1 aliphatic carbocycles. The molecule has 1 saturated carbocycles. The Morgan fingerprint density at radius 2 is 1.79 bits per heavy atom. The number of aryl methyl sites for hydroxylation is 1. The van der Waals surface area contributed by atoms with Gasteiger partial charge in [0.2, 0.25) is 5.91 Å². The lowest BCUT2D eigenvalue weighted by atomic mass is 9.85. The number of amides is 2. The van der Waals surface area contributed by atoms with Crippen LogP contribution in [0.15, 0.2) is 57.7 Å². The van der Waals surface area contributed by atoms with Gasteiger partial charge in [-0.2, -0.15) is 0 Å². The van der Waals surface area contributed by atoms with Crippen molar-refractivity contribution < 1.29 is 14.0 Å². The Morgan fingerprint density at radius 1 is 1.00 bits per heavy atom. The fourth-order valence-electron chi connectivity index (χ4n) is 3.26. The average Bonchev–Trinajstić information content (AvgIpc) is 2.59. The quantitative estimate of drug-likeness (QED) is 0.671. The second-order valence-corrected chi connectivity index (χ2v) is 7.11. The fourth-order valence-corrected chi connectivity index (χ4v) is 3.26. The summed E-state index contributed by atoms with van der Waals surface area (Å²) in [5.74, 6) is -0.231. The molecule has 3 aromatic rings. The number of carbonyl (C=O) groups is 2. The maximum absolute atomic E-state index is 12.6. The molecule has 0 atom stereocenters. The van der Waals surface area contributed by atoms with Crippen LogP contribution in [0, 0.1) is 12.8 Å². The zero-order chi connectivity index (χ0) is 19.7. The lowest BCUT2D eigenvalue weighted by molar-refractivity contribution is -0.122. The van der Waals surface area contributed by atoms with E-state index in [-0.39, 0.29) is 17.7 Å². The van der Waals surface area contributed by atoms with Gasteiger partial charge in [-0.05, 0) is 55.7 Å². The van der Waals surface area contributed by atoms with Crippen LogP contribution in [0.5, 0.6) is 0 Å². The van der Waals surface area contributed by atoms with Gasteiger partial charge in [-0.25, -0.2) is 4.79 Å². The van der Waals surface area contributed by atoms with Crippen LogP contribution >= 0.6 is 0 Å². The molecule has 28 heavy (non-hydrogen) atoms. The van der Waals surface area contributed by atoms with Crippen molar-refractivity contribution in [2.45, 2.75) is 26.2 Å². The summed E-state index contributed by atoms with van der Waals surface area (Å²) in [5, 5.41) is 6.49. The highest BCUT2D eigenvalue weighted by molar-refractivity contribution is 6.06. The highest BCUT2D eigenvalue weighted by atomic mass is 16.4. The Bertz CT molecular complexity index is 1130. The van der Waals surface area contributed by atoms with Gasteiger partial charge >= 0.3 is 5.63 Å². The van der Waals surface area contributed by atoms with Crippen molar-refractivity contribution in [1.82, 2.24) is 0 Å². The third kappa shape index (κ3) is 3.67. The first-order valence-electron chi connectivity index (χ1n) is 9.26. The number of fused-ring (bicyclic) bond motifs is 1. The zero-order valence-electron chi connectivity index (χ0n) is 15.5. The number of carbonyl (C=O) groups excluding carboxylic acids is 2.